The smallest absolute Gasteiger partial charge is 0.246 e. The maximum atomic E-state index is 12.4. The molecule has 3 heterocycles. The second-order valence-electron chi connectivity index (χ2n) is 6.51. The molecule has 6 nitrogen and oxygen atoms in total. The number of aryl methyl sites for hydroxylation is 1. The highest BCUT2D eigenvalue weighted by atomic mass is 16.2. The molecule has 6 heteroatoms. The largest absolute Gasteiger partial charge is 0.342 e. The van der Waals surface area contributed by atoms with Crippen molar-refractivity contribution in [2.24, 2.45) is 13.0 Å². The van der Waals surface area contributed by atoms with Gasteiger partial charge < -0.3 is 9.80 Å². The number of hydrogen-bond donors (Lipinski definition) is 0. The zero-order chi connectivity index (χ0) is 16.4. The van der Waals surface area contributed by atoms with Crippen LogP contribution in [0, 0.1) is 5.92 Å². The Labute approximate surface area is 136 Å². The molecule has 2 atom stereocenters. The fraction of sp³-hybridized carbons (Fsp3) is 0.588. The van der Waals surface area contributed by atoms with E-state index in [4.69, 9.17) is 0 Å². The van der Waals surface area contributed by atoms with Crippen LogP contribution in [-0.2, 0) is 16.6 Å². The second kappa shape index (κ2) is 6.56. The minimum Gasteiger partial charge on any atom is -0.342 e. The molecule has 0 radical (unpaired) electrons. The van der Waals surface area contributed by atoms with E-state index in [1.54, 1.807) is 17.0 Å². The fourth-order valence-electron chi connectivity index (χ4n) is 3.70. The summed E-state index contributed by atoms with van der Waals surface area (Å²) < 4.78 is 1.74. The fourth-order valence-corrected chi connectivity index (χ4v) is 3.70. The van der Waals surface area contributed by atoms with E-state index in [1.165, 1.54) is 0 Å². The van der Waals surface area contributed by atoms with Crippen LogP contribution >= 0.6 is 0 Å². The van der Waals surface area contributed by atoms with Crippen LogP contribution in [0.2, 0.25) is 0 Å². The first-order valence-electron chi connectivity index (χ1n) is 8.27. The van der Waals surface area contributed by atoms with Crippen LogP contribution in [0.15, 0.2) is 18.3 Å². The predicted octanol–water partition coefficient (Wildman–Crippen LogP) is 1.29. The lowest BCUT2D eigenvalue weighted by atomic mass is 9.88. The summed E-state index contributed by atoms with van der Waals surface area (Å²) in [6.07, 6.45) is 8.62. The molecule has 0 aliphatic carbocycles. The van der Waals surface area contributed by atoms with Crippen molar-refractivity contribution in [2.75, 3.05) is 20.1 Å². The number of rotatable bonds is 2. The number of likely N-dealkylation sites (tertiary alicyclic amines) is 2. The molecule has 0 saturated carbocycles. The van der Waals surface area contributed by atoms with E-state index in [9.17, 15) is 9.59 Å². The Kier molecular flexibility index (Phi) is 4.50. The van der Waals surface area contributed by atoms with Gasteiger partial charge in [-0.05, 0) is 37.3 Å². The average molecular weight is 316 g/mol. The van der Waals surface area contributed by atoms with Gasteiger partial charge in [0, 0.05) is 51.9 Å². The van der Waals surface area contributed by atoms with Crippen LogP contribution in [0.25, 0.3) is 6.08 Å². The summed E-state index contributed by atoms with van der Waals surface area (Å²) in [5, 5.41) is 4.09. The van der Waals surface area contributed by atoms with Crippen LogP contribution < -0.4 is 0 Å². The number of carbonyl (C=O) groups excluding carboxylic acids is 2. The Morgan fingerprint density at radius 1 is 1.35 bits per heavy atom. The van der Waals surface area contributed by atoms with Crippen molar-refractivity contribution in [3.05, 3.63) is 24.0 Å². The molecule has 124 valence electrons. The highest BCUT2D eigenvalue weighted by molar-refractivity contribution is 5.91. The molecule has 2 aliphatic rings. The van der Waals surface area contributed by atoms with Crippen LogP contribution in [0.3, 0.4) is 0 Å². The average Bonchev–Trinajstić information content (AvgIpc) is 2.90. The Balaban J connectivity index is 1.64. The number of carbonyl (C=O) groups is 2. The molecule has 1 aromatic heterocycles. The lowest BCUT2D eigenvalue weighted by molar-refractivity contribution is -0.134. The van der Waals surface area contributed by atoms with Gasteiger partial charge in [-0.3, -0.25) is 14.3 Å². The quantitative estimate of drug-likeness (QED) is 0.773. The molecule has 1 aromatic rings. The van der Waals surface area contributed by atoms with Gasteiger partial charge >= 0.3 is 0 Å². The second-order valence-corrected chi connectivity index (χ2v) is 6.51. The summed E-state index contributed by atoms with van der Waals surface area (Å²) >= 11 is 0. The van der Waals surface area contributed by atoms with Gasteiger partial charge in [-0.25, -0.2) is 0 Å². The molecular formula is C17H24N4O2. The number of aromatic nitrogens is 2. The summed E-state index contributed by atoms with van der Waals surface area (Å²) in [4.78, 5) is 28.2. The third kappa shape index (κ3) is 3.30. The van der Waals surface area contributed by atoms with Crippen LogP contribution in [-0.4, -0.2) is 57.6 Å². The molecule has 23 heavy (non-hydrogen) atoms. The number of fused-ring (bicyclic) bond motifs is 1. The van der Waals surface area contributed by atoms with Crippen molar-refractivity contribution in [1.29, 1.82) is 0 Å². The van der Waals surface area contributed by atoms with Gasteiger partial charge in [0.15, 0.2) is 0 Å². The molecule has 2 fully saturated rings. The van der Waals surface area contributed by atoms with Crippen molar-refractivity contribution < 1.29 is 9.59 Å². The van der Waals surface area contributed by atoms with Crippen molar-refractivity contribution in [1.82, 2.24) is 19.6 Å². The maximum absolute atomic E-state index is 12.4. The molecular weight excluding hydrogens is 292 g/mol. The molecule has 2 amide bonds. The minimum atomic E-state index is 0.0443. The van der Waals surface area contributed by atoms with Crippen molar-refractivity contribution >= 4 is 17.9 Å². The maximum Gasteiger partial charge on any atom is 0.246 e. The van der Waals surface area contributed by atoms with Gasteiger partial charge in [-0.15, -0.1) is 0 Å². The Hall–Kier alpha value is -2.11. The van der Waals surface area contributed by atoms with Gasteiger partial charge in [-0.2, -0.15) is 5.10 Å². The Morgan fingerprint density at radius 3 is 2.91 bits per heavy atom. The van der Waals surface area contributed by atoms with E-state index in [1.807, 2.05) is 36.0 Å². The first-order valence-corrected chi connectivity index (χ1v) is 8.27. The van der Waals surface area contributed by atoms with Gasteiger partial charge in [0.05, 0.1) is 5.69 Å². The number of amides is 2. The Morgan fingerprint density at radius 2 is 2.17 bits per heavy atom. The van der Waals surface area contributed by atoms with E-state index in [0.29, 0.717) is 18.9 Å². The van der Waals surface area contributed by atoms with Crippen molar-refractivity contribution in [3.8, 4) is 0 Å². The van der Waals surface area contributed by atoms with Crippen LogP contribution in [0.4, 0.5) is 0 Å². The van der Waals surface area contributed by atoms with Gasteiger partial charge in [-0.1, -0.05) is 0 Å². The lowest BCUT2D eigenvalue weighted by Crippen LogP contribution is -2.51. The Bertz CT molecular complexity index is 622. The standard InChI is InChI=1S/C17H24N4O2/c1-19-15-9-11-21(12-13(15)4-3-5-16(19)22)17(23)7-6-14-8-10-18-20(14)2/h6-8,10,13,15H,3-5,9,11-12H2,1-2H3/b7-6+/t13-,15-/m1/s1. The summed E-state index contributed by atoms with van der Waals surface area (Å²) in [7, 11) is 3.76. The lowest BCUT2D eigenvalue weighted by Gasteiger charge is -2.41. The first kappa shape index (κ1) is 15.8. The number of piperidine rings is 1. The van der Waals surface area contributed by atoms with Crippen molar-refractivity contribution in [3.63, 3.8) is 0 Å². The van der Waals surface area contributed by atoms with E-state index >= 15 is 0 Å². The molecule has 0 bridgehead atoms. The summed E-state index contributed by atoms with van der Waals surface area (Å²) in [6.45, 7) is 1.46. The third-order valence-electron chi connectivity index (χ3n) is 5.12. The van der Waals surface area contributed by atoms with Crippen molar-refractivity contribution in [2.45, 2.75) is 31.7 Å². The first-order chi connectivity index (χ1) is 11.1. The number of nitrogens with zero attached hydrogens (tertiary/aromatic N) is 4. The zero-order valence-electron chi connectivity index (χ0n) is 13.8. The van der Waals surface area contributed by atoms with Crippen LogP contribution in [0.5, 0.6) is 0 Å². The predicted molar refractivity (Wildman–Crippen MR) is 87.3 cm³/mol. The normalized spacial score (nSPS) is 25.6. The summed E-state index contributed by atoms with van der Waals surface area (Å²) in [5.74, 6) is 0.686. The third-order valence-corrected chi connectivity index (χ3v) is 5.12. The molecule has 2 aliphatic heterocycles. The van der Waals surface area contributed by atoms with E-state index in [2.05, 4.69) is 5.10 Å². The summed E-state index contributed by atoms with van der Waals surface area (Å²) in [5.41, 5.74) is 0.910. The molecule has 3 rings (SSSR count). The van der Waals surface area contributed by atoms with E-state index in [-0.39, 0.29) is 17.9 Å². The monoisotopic (exact) mass is 316 g/mol. The van der Waals surface area contributed by atoms with Gasteiger partial charge in [0.2, 0.25) is 11.8 Å². The highest BCUT2D eigenvalue weighted by Gasteiger charge is 2.36. The SMILES string of the molecule is CN1C(=O)CCC[C@@H]2CN(C(=O)/C=C/c3ccnn3C)CC[C@H]21. The molecule has 0 aromatic carbocycles. The van der Waals surface area contributed by atoms with E-state index in [0.717, 1.165) is 31.5 Å². The van der Waals surface area contributed by atoms with Crippen LogP contribution in [0.1, 0.15) is 31.4 Å². The van der Waals surface area contributed by atoms with Gasteiger partial charge in [0.25, 0.3) is 0 Å². The molecule has 0 unspecified atom stereocenters. The highest BCUT2D eigenvalue weighted by Crippen LogP contribution is 2.29. The number of hydrogen-bond acceptors (Lipinski definition) is 3. The molecule has 0 N–H and O–H groups in total. The topological polar surface area (TPSA) is 58.4 Å². The van der Waals surface area contributed by atoms with Gasteiger partial charge in [0.1, 0.15) is 0 Å². The minimum absolute atomic E-state index is 0.0443. The van der Waals surface area contributed by atoms with E-state index < -0.39 is 0 Å². The molecule has 2 saturated heterocycles. The zero-order valence-corrected chi connectivity index (χ0v) is 13.8. The molecule has 0 spiro atoms. The summed E-state index contributed by atoms with van der Waals surface area (Å²) in [6, 6.07) is 2.16.